The average Bonchev–Trinajstić information content (AvgIpc) is 2.04. The van der Waals surface area contributed by atoms with Crippen molar-refractivity contribution >= 4 is 0 Å². The minimum atomic E-state index is 0.476. The van der Waals surface area contributed by atoms with E-state index in [-0.39, 0.29) is 0 Å². The third-order valence-electron chi connectivity index (χ3n) is 3.83. The van der Waals surface area contributed by atoms with Gasteiger partial charge in [0.1, 0.15) is 0 Å². The van der Waals surface area contributed by atoms with Gasteiger partial charge in [-0.15, -0.1) is 0 Å². The van der Waals surface area contributed by atoms with Crippen LogP contribution in [0.3, 0.4) is 0 Å². The first-order valence-corrected chi connectivity index (χ1v) is 5.76. The topological polar surface area (TPSA) is 26.0 Å². The van der Waals surface area contributed by atoms with Crippen LogP contribution in [-0.4, -0.2) is 6.54 Å². The van der Waals surface area contributed by atoms with Crippen LogP contribution in [0, 0.1) is 17.3 Å². The second kappa shape index (κ2) is 4.45. The smallest absolute Gasteiger partial charge is 0.00721 e. The van der Waals surface area contributed by atoms with E-state index >= 15 is 0 Å². The maximum Gasteiger partial charge on any atom is -0.00721 e. The molecule has 78 valence electrons. The van der Waals surface area contributed by atoms with Crippen LogP contribution in [0.15, 0.2) is 0 Å². The summed E-state index contributed by atoms with van der Waals surface area (Å²) in [5.41, 5.74) is 6.13. The lowest BCUT2D eigenvalue weighted by molar-refractivity contribution is 0.123. The Bertz CT molecular complexity index is 151. The predicted molar refractivity (Wildman–Crippen MR) is 58.6 cm³/mol. The first kappa shape index (κ1) is 11.0. The van der Waals surface area contributed by atoms with E-state index in [0.717, 1.165) is 18.4 Å². The molecule has 1 nitrogen and oxygen atoms in total. The van der Waals surface area contributed by atoms with Crippen molar-refractivity contribution < 1.29 is 0 Å². The molecule has 0 aromatic rings. The predicted octanol–water partition coefficient (Wildman–Crippen LogP) is 3.19. The Morgan fingerprint density at radius 1 is 1.31 bits per heavy atom. The van der Waals surface area contributed by atoms with E-state index in [1.807, 2.05) is 0 Å². The first-order valence-electron chi connectivity index (χ1n) is 5.76. The molecule has 2 unspecified atom stereocenters. The second-order valence-corrected chi connectivity index (χ2v) is 5.50. The van der Waals surface area contributed by atoms with Crippen molar-refractivity contribution in [3.63, 3.8) is 0 Å². The molecular formula is C12H25N. The average molecular weight is 183 g/mol. The Kier molecular flexibility index (Phi) is 3.78. The Morgan fingerprint density at radius 2 is 2.00 bits per heavy atom. The van der Waals surface area contributed by atoms with Gasteiger partial charge in [0.15, 0.2) is 0 Å². The first-order chi connectivity index (χ1) is 6.06. The highest BCUT2D eigenvalue weighted by molar-refractivity contribution is 4.83. The van der Waals surface area contributed by atoms with E-state index < -0.39 is 0 Å². The van der Waals surface area contributed by atoms with Crippen molar-refractivity contribution in [2.24, 2.45) is 23.0 Å². The molecule has 1 aliphatic rings. The zero-order valence-electron chi connectivity index (χ0n) is 9.47. The number of hydrogen-bond acceptors (Lipinski definition) is 1. The van der Waals surface area contributed by atoms with Gasteiger partial charge in [-0.3, -0.25) is 0 Å². The van der Waals surface area contributed by atoms with Gasteiger partial charge in [0.2, 0.25) is 0 Å². The van der Waals surface area contributed by atoms with E-state index in [2.05, 4.69) is 20.8 Å². The van der Waals surface area contributed by atoms with Crippen LogP contribution < -0.4 is 5.73 Å². The molecule has 0 aliphatic heterocycles. The van der Waals surface area contributed by atoms with Crippen molar-refractivity contribution in [2.45, 2.75) is 52.9 Å². The third-order valence-corrected chi connectivity index (χ3v) is 3.83. The summed E-state index contributed by atoms with van der Waals surface area (Å²) < 4.78 is 0. The lowest BCUT2D eigenvalue weighted by atomic mass is 9.67. The monoisotopic (exact) mass is 183 g/mol. The molecule has 0 bridgehead atoms. The van der Waals surface area contributed by atoms with Crippen LogP contribution in [0.25, 0.3) is 0 Å². The number of nitrogens with two attached hydrogens (primary N) is 1. The largest absolute Gasteiger partial charge is 0.330 e. The van der Waals surface area contributed by atoms with E-state index in [0.29, 0.717) is 5.41 Å². The molecule has 1 rings (SSSR count). The Labute approximate surface area is 83.1 Å². The maximum atomic E-state index is 5.66. The maximum absolute atomic E-state index is 5.66. The van der Waals surface area contributed by atoms with Crippen molar-refractivity contribution in [2.75, 3.05) is 6.54 Å². The highest BCUT2D eigenvalue weighted by atomic mass is 14.5. The summed E-state index contributed by atoms with van der Waals surface area (Å²) in [5, 5.41) is 0. The fourth-order valence-electron chi connectivity index (χ4n) is 2.72. The molecule has 1 fully saturated rings. The second-order valence-electron chi connectivity index (χ2n) is 5.50. The molecule has 0 heterocycles. The van der Waals surface area contributed by atoms with Crippen LogP contribution in [0.5, 0.6) is 0 Å². The molecule has 0 saturated heterocycles. The number of hydrogen-bond donors (Lipinski definition) is 1. The van der Waals surface area contributed by atoms with E-state index in [1.165, 1.54) is 32.1 Å². The van der Waals surface area contributed by atoms with Crippen molar-refractivity contribution in [1.29, 1.82) is 0 Å². The molecule has 1 aliphatic carbocycles. The van der Waals surface area contributed by atoms with Crippen LogP contribution in [-0.2, 0) is 0 Å². The molecule has 0 amide bonds. The lowest BCUT2D eigenvalue weighted by Crippen LogP contribution is -2.30. The fraction of sp³-hybridized carbons (Fsp3) is 1.00. The zero-order valence-corrected chi connectivity index (χ0v) is 9.47. The molecular weight excluding hydrogens is 158 g/mol. The van der Waals surface area contributed by atoms with Gasteiger partial charge in [0, 0.05) is 0 Å². The lowest BCUT2D eigenvalue weighted by Gasteiger charge is -2.39. The van der Waals surface area contributed by atoms with Gasteiger partial charge in [-0.25, -0.2) is 0 Å². The summed E-state index contributed by atoms with van der Waals surface area (Å²) in [5.74, 6) is 1.86. The summed E-state index contributed by atoms with van der Waals surface area (Å²) in [4.78, 5) is 0. The molecule has 0 spiro atoms. The molecule has 0 aromatic carbocycles. The van der Waals surface area contributed by atoms with E-state index in [4.69, 9.17) is 5.73 Å². The zero-order chi connectivity index (χ0) is 9.90. The molecule has 1 heteroatoms. The molecule has 1 saturated carbocycles. The summed E-state index contributed by atoms with van der Waals surface area (Å²) in [6.07, 6.45) is 6.91. The summed E-state index contributed by atoms with van der Waals surface area (Å²) >= 11 is 0. The van der Waals surface area contributed by atoms with Crippen LogP contribution in [0.1, 0.15) is 52.9 Å². The van der Waals surface area contributed by atoms with E-state index in [9.17, 15) is 0 Å². The van der Waals surface area contributed by atoms with Gasteiger partial charge in [-0.05, 0) is 43.1 Å². The fourth-order valence-corrected chi connectivity index (χ4v) is 2.72. The third kappa shape index (κ3) is 2.98. The molecule has 13 heavy (non-hydrogen) atoms. The minimum Gasteiger partial charge on any atom is -0.330 e. The molecule has 0 aromatic heterocycles. The summed E-state index contributed by atoms with van der Waals surface area (Å²) in [7, 11) is 0. The standard InChI is InChI=1S/C12H25N/c1-10-5-4-6-11(9-10)12(2,3)7-8-13/h10-11H,4-9,13H2,1-3H3. The SMILES string of the molecule is CC1CCCC(C(C)(C)CCN)C1. The van der Waals surface area contributed by atoms with Crippen LogP contribution in [0.2, 0.25) is 0 Å². The molecule has 0 radical (unpaired) electrons. The van der Waals surface area contributed by atoms with Gasteiger partial charge < -0.3 is 5.73 Å². The Balaban J connectivity index is 2.48. The van der Waals surface area contributed by atoms with Gasteiger partial charge >= 0.3 is 0 Å². The summed E-state index contributed by atoms with van der Waals surface area (Å²) in [6.45, 7) is 8.02. The van der Waals surface area contributed by atoms with Crippen LogP contribution in [0.4, 0.5) is 0 Å². The Morgan fingerprint density at radius 3 is 2.54 bits per heavy atom. The van der Waals surface area contributed by atoms with Gasteiger partial charge in [0.05, 0.1) is 0 Å². The van der Waals surface area contributed by atoms with Gasteiger partial charge in [0.25, 0.3) is 0 Å². The number of rotatable bonds is 3. The van der Waals surface area contributed by atoms with Crippen molar-refractivity contribution in [3.05, 3.63) is 0 Å². The van der Waals surface area contributed by atoms with Crippen LogP contribution >= 0.6 is 0 Å². The van der Waals surface area contributed by atoms with E-state index in [1.54, 1.807) is 0 Å². The van der Waals surface area contributed by atoms with Gasteiger partial charge in [-0.2, -0.15) is 0 Å². The highest BCUT2D eigenvalue weighted by Crippen LogP contribution is 2.42. The minimum absolute atomic E-state index is 0.476. The highest BCUT2D eigenvalue weighted by Gasteiger charge is 2.31. The van der Waals surface area contributed by atoms with Gasteiger partial charge in [-0.1, -0.05) is 33.6 Å². The quantitative estimate of drug-likeness (QED) is 0.714. The Hall–Kier alpha value is -0.0400. The van der Waals surface area contributed by atoms with Crippen molar-refractivity contribution in [1.82, 2.24) is 0 Å². The molecule has 2 N–H and O–H groups in total. The summed E-state index contributed by atoms with van der Waals surface area (Å²) in [6, 6.07) is 0. The normalized spacial score (nSPS) is 30.5. The van der Waals surface area contributed by atoms with Crippen molar-refractivity contribution in [3.8, 4) is 0 Å². The molecule has 2 atom stereocenters.